The van der Waals surface area contributed by atoms with E-state index in [0.29, 0.717) is 10.3 Å². The molecule has 0 N–H and O–H groups in total. The Morgan fingerprint density at radius 1 is 1.53 bits per heavy atom. The molecule has 0 aromatic carbocycles. The molecule has 1 aromatic rings. The van der Waals surface area contributed by atoms with E-state index in [2.05, 4.69) is 18.0 Å². The van der Waals surface area contributed by atoms with Crippen molar-refractivity contribution in [1.82, 2.24) is 4.98 Å². The second-order valence-electron chi connectivity index (χ2n) is 5.15. The lowest BCUT2D eigenvalue weighted by molar-refractivity contribution is 0.306. The van der Waals surface area contributed by atoms with Gasteiger partial charge in [0, 0.05) is 11.4 Å². The van der Waals surface area contributed by atoms with Crippen LogP contribution in [0.25, 0.3) is 0 Å². The van der Waals surface area contributed by atoms with Crippen LogP contribution in [0, 0.1) is 23.2 Å². The molecule has 1 aliphatic carbocycles. The van der Waals surface area contributed by atoms with Crippen LogP contribution in [0.3, 0.4) is 0 Å². The van der Waals surface area contributed by atoms with Crippen molar-refractivity contribution in [1.29, 1.82) is 5.26 Å². The van der Waals surface area contributed by atoms with Crippen LogP contribution in [0.5, 0.6) is 0 Å². The van der Waals surface area contributed by atoms with Crippen molar-refractivity contribution < 1.29 is 0 Å². The number of nitriles is 1. The van der Waals surface area contributed by atoms with Crippen LogP contribution in [-0.4, -0.2) is 10.2 Å². The van der Waals surface area contributed by atoms with Crippen molar-refractivity contribution in [3.63, 3.8) is 0 Å². The van der Waals surface area contributed by atoms with Crippen molar-refractivity contribution in [3.05, 3.63) is 23.4 Å². The highest BCUT2D eigenvalue weighted by molar-refractivity contribution is 8.00. The largest absolute Gasteiger partial charge is 0.248 e. The van der Waals surface area contributed by atoms with Gasteiger partial charge in [0.05, 0.1) is 17.0 Å². The highest BCUT2D eigenvalue weighted by Crippen LogP contribution is 2.41. The van der Waals surface area contributed by atoms with Crippen molar-refractivity contribution >= 4 is 23.4 Å². The number of aromatic nitrogens is 1. The highest BCUT2D eigenvalue weighted by Gasteiger charge is 2.31. The predicted molar refractivity (Wildman–Crippen MR) is 80.2 cm³/mol. The molecule has 0 spiro atoms. The third-order valence-electron chi connectivity index (χ3n) is 3.75. The maximum Gasteiger partial charge on any atom is 0.115 e. The molecule has 3 atom stereocenters. The molecule has 2 rings (SSSR count). The average Bonchev–Trinajstić information content (AvgIpc) is 2.42. The van der Waals surface area contributed by atoms with Gasteiger partial charge >= 0.3 is 0 Å². The molecule has 1 fully saturated rings. The normalized spacial score (nSPS) is 26.9. The van der Waals surface area contributed by atoms with Crippen LogP contribution in [0.15, 0.2) is 23.4 Å². The van der Waals surface area contributed by atoms with E-state index in [4.69, 9.17) is 11.6 Å². The third-order valence-corrected chi connectivity index (χ3v) is 5.54. The zero-order chi connectivity index (χ0) is 13.7. The third kappa shape index (κ3) is 3.87. The standard InChI is InChI=1S/C15H19ClN2S/c1-2-4-11-6-7-12(10-17)14(9-11)19-15-13(16)5-3-8-18-15/h3,5,8,11-12,14H,2,4,6-7,9H2,1H3. The quantitative estimate of drug-likeness (QED) is 0.789. The lowest BCUT2D eigenvalue weighted by atomic mass is 9.80. The lowest BCUT2D eigenvalue weighted by Gasteiger charge is -2.32. The Morgan fingerprint density at radius 2 is 2.37 bits per heavy atom. The molecule has 0 bridgehead atoms. The predicted octanol–water partition coefficient (Wildman–Crippen LogP) is 4.94. The molecule has 1 aromatic heterocycles. The summed E-state index contributed by atoms with van der Waals surface area (Å²) in [6.45, 7) is 2.23. The number of hydrogen-bond acceptors (Lipinski definition) is 3. The Kier molecular flexibility index (Phi) is 5.54. The fourth-order valence-corrected chi connectivity index (χ4v) is 4.34. The molecule has 1 saturated carbocycles. The summed E-state index contributed by atoms with van der Waals surface area (Å²) >= 11 is 7.85. The van der Waals surface area contributed by atoms with Gasteiger partial charge in [0.15, 0.2) is 0 Å². The van der Waals surface area contributed by atoms with Crippen LogP contribution in [0.4, 0.5) is 0 Å². The van der Waals surface area contributed by atoms with Crippen molar-refractivity contribution in [2.45, 2.75) is 49.3 Å². The van der Waals surface area contributed by atoms with Gasteiger partial charge in [0.25, 0.3) is 0 Å². The smallest absolute Gasteiger partial charge is 0.115 e. The van der Waals surface area contributed by atoms with Gasteiger partial charge in [0.1, 0.15) is 5.03 Å². The fraction of sp³-hybridized carbons (Fsp3) is 0.600. The lowest BCUT2D eigenvalue weighted by Crippen LogP contribution is -2.26. The van der Waals surface area contributed by atoms with E-state index in [-0.39, 0.29) is 5.92 Å². The topological polar surface area (TPSA) is 36.7 Å². The average molecular weight is 295 g/mol. The minimum absolute atomic E-state index is 0.135. The molecule has 1 heterocycles. The van der Waals surface area contributed by atoms with Gasteiger partial charge in [-0.15, -0.1) is 11.8 Å². The van der Waals surface area contributed by atoms with Gasteiger partial charge in [-0.1, -0.05) is 31.4 Å². The van der Waals surface area contributed by atoms with E-state index in [0.717, 1.165) is 23.8 Å². The molecule has 0 saturated heterocycles. The van der Waals surface area contributed by atoms with Crippen molar-refractivity contribution in [2.24, 2.45) is 11.8 Å². The first-order valence-electron chi connectivity index (χ1n) is 6.91. The molecule has 4 heteroatoms. The molecule has 1 aliphatic rings. The second kappa shape index (κ2) is 7.17. The molecule has 0 aliphatic heterocycles. The van der Waals surface area contributed by atoms with E-state index in [1.165, 1.54) is 19.3 Å². The summed E-state index contributed by atoms with van der Waals surface area (Å²) in [5, 5.41) is 11.2. The summed E-state index contributed by atoms with van der Waals surface area (Å²) in [6.07, 6.45) is 7.59. The molecular formula is C15H19ClN2S. The van der Waals surface area contributed by atoms with Crippen molar-refractivity contribution in [2.75, 3.05) is 0 Å². The number of thioether (sulfide) groups is 1. The Balaban J connectivity index is 2.07. The second-order valence-corrected chi connectivity index (χ2v) is 6.79. The van der Waals surface area contributed by atoms with Gasteiger partial charge in [-0.2, -0.15) is 5.26 Å². The first-order valence-corrected chi connectivity index (χ1v) is 8.17. The van der Waals surface area contributed by atoms with Crippen LogP contribution in [0.1, 0.15) is 39.0 Å². The number of rotatable bonds is 4. The summed E-state index contributed by atoms with van der Waals surface area (Å²) in [5.41, 5.74) is 0. The summed E-state index contributed by atoms with van der Waals surface area (Å²) in [4.78, 5) is 4.33. The fourth-order valence-electron chi connectivity index (χ4n) is 2.76. The minimum atomic E-state index is 0.135. The summed E-state index contributed by atoms with van der Waals surface area (Å²) < 4.78 is 0. The maximum absolute atomic E-state index is 9.31. The SMILES string of the molecule is CCCC1CCC(C#N)C(Sc2ncccc2Cl)C1. The van der Waals surface area contributed by atoms with Crippen LogP contribution in [0.2, 0.25) is 5.02 Å². The van der Waals surface area contributed by atoms with Gasteiger partial charge in [-0.3, -0.25) is 0 Å². The van der Waals surface area contributed by atoms with Gasteiger partial charge in [-0.25, -0.2) is 4.98 Å². The van der Waals surface area contributed by atoms with Crippen LogP contribution >= 0.6 is 23.4 Å². The molecular weight excluding hydrogens is 276 g/mol. The Morgan fingerprint density at radius 3 is 3.05 bits per heavy atom. The number of nitrogens with zero attached hydrogens (tertiary/aromatic N) is 2. The molecule has 19 heavy (non-hydrogen) atoms. The zero-order valence-electron chi connectivity index (χ0n) is 11.2. The van der Waals surface area contributed by atoms with E-state index in [1.807, 2.05) is 12.1 Å². The van der Waals surface area contributed by atoms with E-state index < -0.39 is 0 Å². The monoisotopic (exact) mass is 294 g/mol. The van der Waals surface area contributed by atoms with Gasteiger partial charge in [-0.05, 0) is 37.3 Å². The van der Waals surface area contributed by atoms with Gasteiger partial charge < -0.3 is 0 Å². The molecule has 3 unspecified atom stereocenters. The maximum atomic E-state index is 9.31. The first-order chi connectivity index (χ1) is 9.24. The molecule has 0 radical (unpaired) electrons. The number of halogens is 1. The first kappa shape index (κ1) is 14.7. The van der Waals surface area contributed by atoms with Gasteiger partial charge in [0.2, 0.25) is 0 Å². The Hall–Kier alpha value is -0.720. The summed E-state index contributed by atoms with van der Waals surface area (Å²) in [5.74, 6) is 0.894. The van der Waals surface area contributed by atoms with E-state index >= 15 is 0 Å². The Bertz CT molecular complexity index is 458. The highest BCUT2D eigenvalue weighted by atomic mass is 35.5. The van der Waals surface area contributed by atoms with Crippen molar-refractivity contribution in [3.8, 4) is 6.07 Å². The summed E-state index contributed by atoms with van der Waals surface area (Å²) in [6, 6.07) is 6.17. The molecule has 0 amide bonds. The number of pyridine rings is 1. The summed E-state index contributed by atoms with van der Waals surface area (Å²) in [7, 11) is 0. The minimum Gasteiger partial charge on any atom is -0.248 e. The Labute approximate surface area is 124 Å². The molecule has 102 valence electrons. The van der Waals surface area contributed by atoms with E-state index in [9.17, 15) is 5.26 Å². The number of hydrogen-bond donors (Lipinski definition) is 0. The van der Waals surface area contributed by atoms with E-state index in [1.54, 1.807) is 18.0 Å². The zero-order valence-corrected chi connectivity index (χ0v) is 12.8. The van der Waals surface area contributed by atoms with Crippen LogP contribution < -0.4 is 0 Å². The van der Waals surface area contributed by atoms with Crippen LogP contribution in [-0.2, 0) is 0 Å². The molecule has 2 nitrogen and oxygen atoms in total.